The summed E-state index contributed by atoms with van der Waals surface area (Å²) in [4.78, 5) is 9.35. The molecule has 108 valence electrons. The molecular formula is C18H16N4. The Morgan fingerprint density at radius 2 is 1.77 bits per heavy atom. The highest BCUT2D eigenvalue weighted by atomic mass is 14.9. The summed E-state index contributed by atoms with van der Waals surface area (Å²) in [5.74, 6) is 0. The van der Waals surface area contributed by atoms with E-state index in [-0.39, 0.29) is 5.71 Å². The van der Waals surface area contributed by atoms with Gasteiger partial charge < -0.3 is 5.41 Å². The number of nitrogens with one attached hydrogen (secondary N) is 2. The number of aliphatic imine (C=N–C) groups is 2. The van der Waals surface area contributed by atoms with Crippen molar-refractivity contribution in [3.05, 3.63) is 71.1 Å². The van der Waals surface area contributed by atoms with Gasteiger partial charge in [-0.3, -0.25) is 10.4 Å². The van der Waals surface area contributed by atoms with E-state index in [0.29, 0.717) is 17.8 Å². The van der Waals surface area contributed by atoms with Gasteiger partial charge in [0.25, 0.3) is 0 Å². The molecule has 1 aliphatic heterocycles. The molecule has 1 heterocycles. The first-order valence-electron chi connectivity index (χ1n) is 7.08. The number of aryl methyl sites for hydroxylation is 1. The van der Waals surface area contributed by atoms with Crippen LogP contribution < -0.4 is 0 Å². The lowest BCUT2D eigenvalue weighted by atomic mass is 9.98. The first kappa shape index (κ1) is 14.1. The fraction of sp³-hybridized carbons (Fsp3) is 0.111. The van der Waals surface area contributed by atoms with Crippen LogP contribution in [0, 0.1) is 17.7 Å². The molecule has 4 heteroatoms. The normalized spacial score (nSPS) is 16.6. The highest BCUT2D eigenvalue weighted by Gasteiger charge is 2.21. The van der Waals surface area contributed by atoms with Crippen LogP contribution in [0.25, 0.3) is 0 Å². The van der Waals surface area contributed by atoms with Gasteiger partial charge >= 0.3 is 0 Å². The first-order valence-corrected chi connectivity index (χ1v) is 7.08. The van der Waals surface area contributed by atoms with Crippen molar-refractivity contribution in [2.45, 2.75) is 13.3 Å². The summed E-state index contributed by atoms with van der Waals surface area (Å²) in [6.45, 7) is 2.01. The lowest BCUT2D eigenvalue weighted by molar-refractivity contribution is 1.07. The molecule has 4 nitrogen and oxygen atoms in total. The number of nitrogens with zero attached hydrogens (tertiary/aromatic N) is 2. The van der Waals surface area contributed by atoms with Gasteiger partial charge in [0, 0.05) is 29.6 Å². The minimum absolute atomic E-state index is 0.0682. The van der Waals surface area contributed by atoms with Gasteiger partial charge in [-0.25, -0.2) is 4.99 Å². The maximum Gasteiger partial charge on any atom is 0.116 e. The maximum absolute atomic E-state index is 8.07. The summed E-state index contributed by atoms with van der Waals surface area (Å²) >= 11 is 0. The van der Waals surface area contributed by atoms with Crippen LogP contribution in [0.5, 0.6) is 0 Å². The van der Waals surface area contributed by atoms with Crippen LogP contribution >= 0.6 is 0 Å². The van der Waals surface area contributed by atoms with Crippen molar-refractivity contribution in [1.82, 2.24) is 0 Å². The zero-order valence-corrected chi connectivity index (χ0v) is 12.3. The largest absolute Gasteiger partial charge is 0.306 e. The number of hydrogen-bond donors (Lipinski definition) is 2. The third kappa shape index (κ3) is 2.63. The molecule has 0 amide bonds. The zero-order chi connectivity index (χ0) is 15.5. The average Bonchev–Trinajstić information content (AvgIpc) is 2.86. The Kier molecular flexibility index (Phi) is 3.74. The number of allylic oxidation sites excluding steroid dienone is 4. The second-order valence-electron chi connectivity index (χ2n) is 5.17. The molecule has 0 aromatic heterocycles. The molecule has 0 fully saturated rings. The van der Waals surface area contributed by atoms with Crippen LogP contribution in [0.2, 0.25) is 0 Å². The van der Waals surface area contributed by atoms with Crippen molar-refractivity contribution in [1.29, 1.82) is 10.8 Å². The molecule has 0 saturated carbocycles. The van der Waals surface area contributed by atoms with E-state index in [1.165, 1.54) is 0 Å². The molecule has 22 heavy (non-hydrogen) atoms. The second kappa shape index (κ2) is 5.85. The second-order valence-corrected chi connectivity index (χ2v) is 5.17. The van der Waals surface area contributed by atoms with Gasteiger partial charge in [-0.1, -0.05) is 36.4 Å². The lowest BCUT2D eigenvalue weighted by Crippen LogP contribution is -2.26. The van der Waals surface area contributed by atoms with Crippen molar-refractivity contribution in [3.8, 4) is 0 Å². The zero-order valence-electron chi connectivity index (χ0n) is 12.3. The fourth-order valence-electron chi connectivity index (χ4n) is 2.47. The molecule has 2 bridgehead atoms. The van der Waals surface area contributed by atoms with Gasteiger partial charge in [-0.2, -0.15) is 0 Å². The summed E-state index contributed by atoms with van der Waals surface area (Å²) in [6, 6.07) is 7.92. The average molecular weight is 288 g/mol. The van der Waals surface area contributed by atoms with Crippen LogP contribution in [0.3, 0.4) is 0 Å². The molecule has 1 aromatic rings. The molecule has 0 saturated heterocycles. The Morgan fingerprint density at radius 3 is 2.45 bits per heavy atom. The molecule has 2 aliphatic rings. The van der Waals surface area contributed by atoms with Gasteiger partial charge in [-0.05, 0) is 24.6 Å². The van der Waals surface area contributed by atoms with Gasteiger partial charge in [0.1, 0.15) is 5.71 Å². The number of benzene rings is 1. The predicted molar refractivity (Wildman–Crippen MR) is 91.6 cm³/mol. The molecular weight excluding hydrogens is 272 g/mol. The summed E-state index contributed by atoms with van der Waals surface area (Å²) in [5.41, 5.74) is 4.98. The van der Waals surface area contributed by atoms with E-state index in [9.17, 15) is 0 Å². The predicted octanol–water partition coefficient (Wildman–Crippen LogP) is 3.64. The van der Waals surface area contributed by atoms with Gasteiger partial charge in [0.2, 0.25) is 0 Å². The standard InChI is InChI=1S/C18H16N4/c1-12-6-2-5-9-15(12)17-18(16(20)11-19)22-14-8-4-3-7-13(10-14)21-17/h2-9,11,19-20H,10H2,1H3. The third-order valence-corrected chi connectivity index (χ3v) is 3.59. The van der Waals surface area contributed by atoms with Gasteiger partial charge in [0.05, 0.1) is 11.4 Å². The number of fused-ring (bicyclic) bond motifs is 2. The van der Waals surface area contributed by atoms with Crippen LogP contribution in [-0.4, -0.2) is 23.3 Å². The topological polar surface area (TPSA) is 72.4 Å². The third-order valence-electron chi connectivity index (χ3n) is 3.59. The Morgan fingerprint density at radius 1 is 1.09 bits per heavy atom. The first-order chi connectivity index (χ1) is 10.7. The summed E-state index contributed by atoms with van der Waals surface area (Å²) < 4.78 is 0. The van der Waals surface area contributed by atoms with Gasteiger partial charge in [-0.15, -0.1) is 0 Å². The van der Waals surface area contributed by atoms with E-state index in [1.807, 2.05) is 55.5 Å². The molecule has 3 rings (SSSR count). The minimum Gasteiger partial charge on any atom is -0.306 e. The monoisotopic (exact) mass is 288 g/mol. The smallest absolute Gasteiger partial charge is 0.116 e. The Balaban J connectivity index is 2.25. The molecule has 0 spiro atoms. The Bertz CT molecular complexity index is 804. The number of rotatable bonds is 3. The molecule has 0 unspecified atom stereocenters. The van der Waals surface area contributed by atoms with E-state index in [1.54, 1.807) is 0 Å². The van der Waals surface area contributed by atoms with Crippen molar-refractivity contribution in [2.75, 3.05) is 0 Å². The van der Waals surface area contributed by atoms with Gasteiger partial charge in [0.15, 0.2) is 0 Å². The minimum atomic E-state index is 0.0682. The lowest BCUT2D eigenvalue weighted by Gasteiger charge is -2.10. The Hall–Kier alpha value is -2.88. The molecule has 1 aliphatic carbocycles. The van der Waals surface area contributed by atoms with Crippen molar-refractivity contribution >= 4 is 23.3 Å². The van der Waals surface area contributed by atoms with Crippen molar-refractivity contribution < 1.29 is 0 Å². The maximum atomic E-state index is 8.07. The summed E-state index contributed by atoms with van der Waals surface area (Å²) in [5, 5.41) is 15.5. The molecule has 0 atom stereocenters. The van der Waals surface area contributed by atoms with Crippen molar-refractivity contribution in [2.24, 2.45) is 9.98 Å². The van der Waals surface area contributed by atoms with Crippen LogP contribution in [0.4, 0.5) is 0 Å². The van der Waals surface area contributed by atoms with Crippen LogP contribution in [0.15, 0.2) is 69.9 Å². The molecule has 1 aromatic carbocycles. The van der Waals surface area contributed by atoms with E-state index in [0.717, 1.165) is 28.7 Å². The Labute approximate surface area is 129 Å². The molecule has 2 N–H and O–H groups in total. The van der Waals surface area contributed by atoms with E-state index < -0.39 is 0 Å². The van der Waals surface area contributed by atoms with Crippen molar-refractivity contribution in [3.63, 3.8) is 0 Å². The van der Waals surface area contributed by atoms with Crippen LogP contribution in [-0.2, 0) is 0 Å². The summed E-state index contributed by atoms with van der Waals surface area (Å²) in [6.07, 6.45) is 9.42. The van der Waals surface area contributed by atoms with E-state index in [4.69, 9.17) is 15.8 Å². The summed E-state index contributed by atoms with van der Waals surface area (Å²) in [7, 11) is 0. The van der Waals surface area contributed by atoms with E-state index in [2.05, 4.69) is 4.99 Å². The highest BCUT2D eigenvalue weighted by Crippen LogP contribution is 2.23. The highest BCUT2D eigenvalue weighted by molar-refractivity contribution is 6.80. The fourth-order valence-corrected chi connectivity index (χ4v) is 2.47. The van der Waals surface area contributed by atoms with E-state index >= 15 is 0 Å². The molecule has 0 radical (unpaired) electrons. The SMILES string of the molecule is Cc1ccccc1C1=NC2=CC=CC=C(C2)N=C1C(=N)C=N. The number of hydrogen-bond acceptors (Lipinski definition) is 4. The van der Waals surface area contributed by atoms with Crippen LogP contribution in [0.1, 0.15) is 17.5 Å². The quantitative estimate of drug-likeness (QED) is 0.797.